The summed E-state index contributed by atoms with van der Waals surface area (Å²) in [5.74, 6) is -0.0270. The summed E-state index contributed by atoms with van der Waals surface area (Å²) < 4.78 is 0. The van der Waals surface area contributed by atoms with E-state index in [-0.39, 0.29) is 17.9 Å². The summed E-state index contributed by atoms with van der Waals surface area (Å²) in [4.78, 5) is 28.9. The quantitative estimate of drug-likeness (QED) is 0.909. The van der Waals surface area contributed by atoms with Crippen LogP contribution in [0.1, 0.15) is 36.5 Å². The highest BCUT2D eigenvalue weighted by Gasteiger charge is 2.35. The van der Waals surface area contributed by atoms with Crippen molar-refractivity contribution in [3.8, 4) is 11.3 Å². The van der Waals surface area contributed by atoms with Crippen LogP contribution in [-0.2, 0) is 4.79 Å². The van der Waals surface area contributed by atoms with Gasteiger partial charge in [-0.25, -0.2) is 0 Å². The minimum absolute atomic E-state index is 0.0436. The molecule has 132 valence electrons. The van der Waals surface area contributed by atoms with E-state index in [1.165, 1.54) is 0 Å². The van der Waals surface area contributed by atoms with Crippen molar-refractivity contribution in [1.82, 2.24) is 20.0 Å². The third-order valence-corrected chi connectivity index (χ3v) is 4.75. The van der Waals surface area contributed by atoms with Crippen LogP contribution in [0.15, 0.2) is 36.5 Å². The zero-order valence-electron chi connectivity index (χ0n) is 14.7. The topological polar surface area (TPSA) is 69.3 Å². The van der Waals surface area contributed by atoms with E-state index >= 15 is 0 Å². The van der Waals surface area contributed by atoms with Crippen LogP contribution < -0.4 is 0 Å². The Morgan fingerprint density at radius 3 is 2.64 bits per heavy atom. The molecule has 1 aromatic heterocycles. The average Bonchev–Trinajstić information content (AvgIpc) is 3.17. The van der Waals surface area contributed by atoms with Gasteiger partial charge in [-0.05, 0) is 30.2 Å². The third kappa shape index (κ3) is 3.57. The van der Waals surface area contributed by atoms with E-state index in [4.69, 9.17) is 0 Å². The van der Waals surface area contributed by atoms with Gasteiger partial charge in [0.15, 0.2) is 0 Å². The predicted octanol–water partition coefficient (Wildman–Crippen LogP) is 2.55. The number of aromatic nitrogens is 2. The van der Waals surface area contributed by atoms with Gasteiger partial charge in [-0.15, -0.1) is 0 Å². The number of amides is 2. The van der Waals surface area contributed by atoms with Crippen molar-refractivity contribution in [3.63, 3.8) is 0 Å². The summed E-state index contributed by atoms with van der Waals surface area (Å²) >= 11 is 0. The Labute approximate surface area is 147 Å². The summed E-state index contributed by atoms with van der Waals surface area (Å²) in [5.41, 5.74) is 2.50. The van der Waals surface area contributed by atoms with Crippen LogP contribution in [-0.4, -0.2) is 58.0 Å². The molecule has 1 saturated heterocycles. The number of benzene rings is 1. The van der Waals surface area contributed by atoms with Gasteiger partial charge in [-0.1, -0.05) is 31.9 Å². The molecule has 1 fully saturated rings. The molecule has 1 aliphatic rings. The number of unbranched alkanes of at least 4 members (excludes halogenated alkanes) is 1. The molecule has 0 aliphatic carbocycles. The van der Waals surface area contributed by atoms with E-state index in [1.54, 1.807) is 16.0 Å². The number of aromatic amines is 1. The van der Waals surface area contributed by atoms with Gasteiger partial charge in [0.25, 0.3) is 5.91 Å². The first-order valence-electron chi connectivity index (χ1n) is 8.77. The molecule has 3 rings (SSSR count). The maximum atomic E-state index is 13.0. The second-order valence-corrected chi connectivity index (χ2v) is 6.46. The molecule has 25 heavy (non-hydrogen) atoms. The van der Waals surface area contributed by atoms with E-state index in [1.807, 2.05) is 37.4 Å². The van der Waals surface area contributed by atoms with Crippen LogP contribution in [0.4, 0.5) is 0 Å². The van der Waals surface area contributed by atoms with Gasteiger partial charge in [0.1, 0.15) is 6.04 Å². The van der Waals surface area contributed by atoms with Gasteiger partial charge < -0.3 is 9.80 Å². The maximum Gasteiger partial charge on any atom is 0.254 e. The Hall–Kier alpha value is -2.63. The number of H-pyrrole nitrogens is 1. The first-order chi connectivity index (χ1) is 12.1. The highest BCUT2D eigenvalue weighted by Crippen LogP contribution is 2.21. The average molecular weight is 340 g/mol. The number of nitrogens with one attached hydrogen (secondary N) is 1. The predicted molar refractivity (Wildman–Crippen MR) is 96.0 cm³/mol. The molecule has 0 spiro atoms. The molecule has 2 heterocycles. The van der Waals surface area contributed by atoms with E-state index in [2.05, 4.69) is 17.1 Å². The van der Waals surface area contributed by atoms with E-state index in [0.29, 0.717) is 18.7 Å². The fourth-order valence-corrected chi connectivity index (χ4v) is 3.21. The van der Waals surface area contributed by atoms with Gasteiger partial charge in [0, 0.05) is 31.9 Å². The van der Waals surface area contributed by atoms with Crippen molar-refractivity contribution in [1.29, 1.82) is 0 Å². The number of hydrogen-bond acceptors (Lipinski definition) is 3. The standard InChI is InChI=1S/C19H24N4O2/c1-3-4-5-17-19(25)22(2)12-13-23(17)18(24)15-8-6-14(7-9-15)16-10-11-20-21-16/h6-11,17H,3-5,12-13H2,1-2H3,(H,20,21)/t17-/m1/s1. The van der Waals surface area contributed by atoms with E-state index < -0.39 is 0 Å². The van der Waals surface area contributed by atoms with Crippen LogP contribution in [0.25, 0.3) is 11.3 Å². The Bertz CT molecular complexity index is 724. The molecule has 0 saturated carbocycles. The van der Waals surface area contributed by atoms with Crippen molar-refractivity contribution in [2.45, 2.75) is 32.2 Å². The molecule has 0 unspecified atom stereocenters. The van der Waals surface area contributed by atoms with E-state index in [0.717, 1.165) is 30.5 Å². The smallest absolute Gasteiger partial charge is 0.254 e. The molecule has 1 aliphatic heterocycles. The summed E-state index contributed by atoms with van der Waals surface area (Å²) in [6.07, 6.45) is 4.36. The zero-order chi connectivity index (χ0) is 17.8. The third-order valence-electron chi connectivity index (χ3n) is 4.75. The lowest BCUT2D eigenvalue weighted by molar-refractivity contribution is -0.138. The lowest BCUT2D eigenvalue weighted by atomic mass is 10.0. The highest BCUT2D eigenvalue weighted by molar-refractivity contribution is 5.98. The lowest BCUT2D eigenvalue weighted by Gasteiger charge is -2.39. The van der Waals surface area contributed by atoms with Crippen molar-refractivity contribution >= 4 is 11.8 Å². The van der Waals surface area contributed by atoms with Gasteiger partial charge >= 0.3 is 0 Å². The second-order valence-electron chi connectivity index (χ2n) is 6.46. The monoisotopic (exact) mass is 340 g/mol. The SMILES string of the molecule is CCCC[C@@H]1C(=O)N(C)CCN1C(=O)c1ccc(-c2ccn[nH]2)cc1. The molecule has 2 aromatic rings. The lowest BCUT2D eigenvalue weighted by Crippen LogP contribution is -2.57. The van der Waals surface area contributed by atoms with Crippen molar-refractivity contribution in [2.24, 2.45) is 0 Å². The molecular weight excluding hydrogens is 316 g/mol. The summed E-state index contributed by atoms with van der Waals surface area (Å²) in [7, 11) is 1.81. The van der Waals surface area contributed by atoms with Crippen molar-refractivity contribution in [3.05, 3.63) is 42.1 Å². The van der Waals surface area contributed by atoms with Gasteiger partial charge in [-0.2, -0.15) is 5.10 Å². The number of nitrogens with zero attached hydrogens (tertiary/aromatic N) is 3. The van der Waals surface area contributed by atoms with Crippen molar-refractivity contribution in [2.75, 3.05) is 20.1 Å². The fraction of sp³-hybridized carbons (Fsp3) is 0.421. The number of piperazine rings is 1. The normalized spacial score (nSPS) is 17.8. The molecule has 6 nitrogen and oxygen atoms in total. The number of carbonyl (C=O) groups excluding carboxylic acids is 2. The maximum absolute atomic E-state index is 13.0. The number of rotatable bonds is 5. The van der Waals surface area contributed by atoms with Crippen LogP contribution in [0.2, 0.25) is 0 Å². The highest BCUT2D eigenvalue weighted by atomic mass is 16.2. The first kappa shape index (κ1) is 17.2. The van der Waals surface area contributed by atoms with Crippen LogP contribution in [0.5, 0.6) is 0 Å². The second kappa shape index (κ2) is 7.51. The molecule has 0 radical (unpaired) electrons. The largest absolute Gasteiger partial charge is 0.342 e. The number of carbonyl (C=O) groups is 2. The molecule has 1 atom stereocenters. The summed E-state index contributed by atoms with van der Waals surface area (Å²) in [5, 5.41) is 6.85. The van der Waals surface area contributed by atoms with Gasteiger partial charge in [0.2, 0.25) is 5.91 Å². The minimum atomic E-state index is -0.349. The zero-order valence-corrected chi connectivity index (χ0v) is 14.7. The first-order valence-corrected chi connectivity index (χ1v) is 8.77. The van der Waals surface area contributed by atoms with Crippen molar-refractivity contribution < 1.29 is 9.59 Å². The Balaban J connectivity index is 1.79. The minimum Gasteiger partial charge on any atom is -0.342 e. The fourth-order valence-electron chi connectivity index (χ4n) is 3.21. The molecule has 1 aromatic carbocycles. The molecule has 1 N–H and O–H groups in total. The number of likely N-dealkylation sites (N-methyl/N-ethyl adjacent to an activating group) is 1. The van der Waals surface area contributed by atoms with E-state index in [9.17, 15) is 9.59 Å². The Morgan fingerprint density at radius 1 is 1.24 bits per heavy atom. The molecule has 0 bridgehead atoms. The number of hydrogen-bond donors (Lipinski definition) is 1. The summed E-state index contributed by atoms with van der Waals surface area (Å²) in [6.45, 7) is 3.26. The Kier molecular flexibility index (Phi) is 5.16. The summed E-state index contributed by atoms with van der Waals surface area (Å²) in [6, 6.07) is 8.98. The Morgan fingerprint density at radius 2 is 2.00 bits per heavy atom. The van der Waals surface area contributed by atoms with Crippen LogP contribution >= 0.6 is 0 Å². The molecule has 2 amide bonds. The molecular formula is C19H24N4O2. The molecule has 6 heteroatoms. The van der Waals surface area contributed by atoms with Crippen LogP contribution in [0, 0.1) is 0 Å². The van der Waals surface area contributed by atoms with Crippen LogP contribution in [0.3, 0.4) is 0 Å². The van der Waals surface area contributed by atoms with Gasteiger partial charge in [-0.3, -0.25) is 14.7 Å². The van der Waals surface area contributed by atoms with Gasteiger partial charge in [0.05, 0.1) is 5.69 Å².